The molecule has 1 aliphatic rings. The van der Waals surface area contributed by atoms with Gasteiger partial charge in [0.05, 0.1) is 17.8 Å². The minimum atomic E-state index is -0.257. The molecule has 0 aromatic carbocycles. The molecule has 0 aliphatic carbocycles. The number of hydrogen-bond acceptors (Lipinski definition) is 5. The molecule has 0 spiro atoms. The zero-order valence-electron chi connectivity index (χ0n) is 15.0. The van der Waals surface area contributed by atoms with Crippen molar-refractivity contribution in [3.63, 3.8) is 0 Å². The fourth-order valence-corrected chi connectivity index (χ4v) is 3.45. The molecule has 0 bridgehead atoms. The molecule has 1 fully saturated rings. The van der Waals surface area contributed by atoms with Gasteiger partial charge >= 0.3 is 0 Å². The summed E-state index contributed by atoms with van der Waals surface area (Å²) < 4.78 is 5.89. The topological polar surface area (TPSA) is 83.1 Å². The third-order valence-electron chi connectivity index (χ3n) is 4.53. The smallest absolute Gasteiger partial charge is 0.287 e. The molecule has 1 amide bonds. The van der Waals surface area contributed by atoms with E-state index in [9.17, 15) is 4.79 Å². The Bertz CT molecular complexity index is 736. The number of hydrogen-bond donors (Lipinski definition) is 2. The van der Waals surface area contributed by atoms with Crippen molar-refractivity contribution in [1.29, 1.82) is 0 Å². The average molecular weight is 378 g/mol. The molecule has 7 nitrogen and oxygen atoms in total. The molecule has 2 aromatic heterocycles. The van der Waals surface area contributed by atoms with Crippen molar-refractivity contribution < 1.29 is 9.53 Å². The second kappa shape index (κ2) is 8.51. The Morgan fingerprint density at radius 2 is 2.31 bits per heavy atom. The van der Waals surface area contributed by atoms with Crippen LogP contribution in [-0.2, 0) is 11.2 Å². The molecular weight excluding hydrogens is 354 g/mol. The van der Waals surface area contributed by atoms with Crippen molar-refractivity contribution in [2.24, 2.45) is 0 Å². The third kappa shape index (κ3) is 4.16. The normalized spacial score (nSPS) is 20.2. The minimum absolute atomic E-state index is 0.0867. The first-order chi connectivity index (χ1) is 12.6. The molecular formula is C18H24ClN5O2. The van der Waals surface area contributed by atoms with E-state index in [-0.39, 0.29) is 23.9 Å². The van der Waals surface area contributed by atoms with E-state index in [1.54, 1.807) is 6.20 Å². The number of aromatic nitrogens is 3. The van der Waals surface area contributed by atoms with E-state index >= 15 is 0 Å². The quantitative estimate of drug-likeness (QED) is 0.807. The van der Waals surface area contributed by atoms with Crippen LogP contribution < -0.4 is 10.2 Å². The summed E-state index contributed by atoms with van der Waals surface area (Å²) in [5.41, 5.74) is 0.767. The lowest BCUT2D eigenvalue weighted by Crippen LogP contribution is -2.55. The second-order valence-corrected chi connectivity index (χ2v) is 6.56. The Labute approximate surface area is 158 Å². The number of piperidine rings is 1. The zero-order valence-corrected chi connectivity index (χ0v) is 15.8. The maximum Gasteiger partial charge on any atom is 0.287 e. The van der Waals surface area contributed by atoms with Gasteiger partial charge in [-0.1, -0.05) is 24.6 Å². The number of nitrogens with zero attached hydrogens (tertiary/aromatic N) is 3. The van der Waals surface area contributed by atoms with Crippen LogP contribution in [0.15, 0.2) is 24.4 Å². The van der Waals surface area contributed by atoms with Crippen LogP contribution in [0.1, 0.15) is 36.6 Å². The van der Waals surface area contributed by atoms with Gasteiger partial charge in [0.2, 0.25) is 0 Å². The molecule has 0 saturated carbocycles. The Kier molecular flexibility index (Phi) is 6.11. The van der Waals surface area contributed by atoms with E-state index in [2.05, 4.69) is 25.2 Å². The first-order valence-corrected chi connectivity index (χ1v) is 9.33. The number of anilines is 1. The lowest BCUT2D eigenvalue weighted by atomic mass is 10.0. The molecule has 0 radical (unpaired) electrons. The van der Waals surface area contributed by atoms with Crippen LogP contribution in [0.2, 0.25) is 5.15 Å². The lowest BCUT2D eigenvalue weighted by molar-refractivity contribution is 0.0270. The van der Waals surface area contributed by atoms with Gasteiger partial charge in [0.1, 0.15) is 5.82 Å². The number of nitrogens with one attached hydrogen (secondary N) is 2. The van der Waals surface area contributed by atoms with E-state index in [1.807, 2.05) is 32.0 Å². The van der Waals surface area contributed by atoms with Crippen LogP contribution in [0, 0.1) is 0 Å². The van der Waals surface area contributed by atoms with Gasteiger partial charge in [-0.15, -0.1) is 0 Å². The Hall–Kier alpha value is -2.12. The number of H-pyrrole nitrogens is 1. The first kappa shape index (κ1) is 18.7. The maximum atomic E-state index is 12.6. The van der Waals surface area contributed by atoms with Gasteiger partial charge in [0.15, 0.2) is 11.0 Å². The van der Waals surface area contributed by atoms with Crippen LogP contribution in [0.5, 0.6) is 0 Å². The number of halogens is 1. The van der Waals surface area contributed by atoms with Gasteiger partial charge in [-0.3, -0.25) is 4.79 Å². The number of carbonyl (C=O) groups is 1. The minimum Gasteiger partial charge on any atom is -0.375 e. The molecule has 3 rings (SSSR count). The molecule has 1 aliphatic heterocycles. The van der Waals surface area contributed by atoms with Gasteiger partial charge < -0.3 is 19.9 Å². The van der Waals surface area contributed by atoms with Crippen molar-refractivity contribution in [3.05, 3.63) is 41.1 Å². The Morgan fingerprint density at radius 3 is 2.96 bits per heavy atom. The summed E-state index contributed by atoms with van der Waals surface area (Å²) in [7, 11) is 0. The summed E-state index contributed by atoms with van der Waals surface area (Å²) in [6, 6.07) is 5.77. The summed E-state index contributed by atoms with van der Waals surface area (Å²) in [6.45, 7) is 5.97. The number of aryl methyl sites for hydroxylation is 1. The molecule has 2 aromatic rings. The predicted molar refractivity (Wildman–Crippen MR) is 101 cm³/mol. The predicted octanol–water partition coefficient (Wildman–Crippen LogP) is 2.43. The summed E-state index contributed by atoms with van der Waals surface area (Å²) in [5.74, 6) is 0.911. The van der Waals surface area contributed by atoms with E-state index in [0.29, 0.717) is 24.7 Å². The highest BCUT2D eigenvalue weighted by Gasteiger charge is 2.32. The Balaban J connectivity index is 1.67. The van der Waals surface area contributed by atoms with Crippen LogP contribution in [0.4, 0.5) is 5.82 Å². The molecule has 3 heterocycles. The number of aromatic amines is 1. The largest absolute Gasteiger partial charge is 0.375 e. The SMILES string of the molecule is CCO[C@H]1CN(c2ccccn2)CCC1NC(=O)c1nc(Cl)c(CC)[nH]1. The lowest BCUT2D eigenvalue weighted by Gasteiger charge is -2.39. The number of imidazole rings is 1. The van der Waals surface area contributed by atoms with Crippen LogP contribution in [0.25, 0.3) is 0 Å². The maximum absolute atomic E-state index is 12.6. The van der Waals surface area contributed by atoms with E-state index < -0.39 is 0 Å². The number of amides is 1. The van der Waals surface area contributed by atoms with Crippen molar-refractivity contribution in [2.75, 3.05) is 24.6 Å². The molecule has 1 saturated heterocycles. The highest BCUT2D eigenvalue weighted by Crippen LogP contribution is 2.20. The van der Waals surface area contributed by atoms with Gasteiger partial charge in [-0.2, -0.15) is 0 Å². The fourth-order valence-electron chi connectivity index (χ4n) is 3.18. The van der Waals surface area contributed by atoms with E-state index in [1.165, 1.54) is 0 Å². The van der Waals surface area contributed by atoms with E-state index in [4.69, 9.17) is 16.3 Å². The van der Waals surface area contributed by atoms with Crippen LogP contribution in [0.3, 0.4) is 0 Å². The first-order valence-electron chi connectivity index (χ1n) is 8.95. The molecule has 2 N–H and O–H groups in total. The zero-order chi connectivity index (χ0) is 18.5. The highest BCUT2D eigenvalue weighted by atomic mass is 35.5. The standard InChI is InChI=1S/C18H24ClN5O2/c1-3-12-16(19)23-17(21-12)18(25)22-13-8-10-24(11-14(13)26-4-2)15-7-5-6-9-20-15/h5-7,9,13-14H,3-4,8,10-11H2,1-2H3,(H,21,23)(H,22,25)/t13?,14-/m0/s1. The van der Waals surface area contributed by atoms with E-state index in [0.717, 1.165) is 24.5 Å². The Morgan fingerprint density at radius 1 is 1.46 bits per heavy atom. The number of ether oxygens (including phenoxy) is 1. The number of rotatable bonds is 6. The molecule has 8 heteroatoms. The van der Waals surface area contributed by atoms with Gasteiger partial charge in [-0.05, 0) is 31.9 Å². The van der Waals surface area contributed by atoms with Crippen LogP contribution >= 0.6 is 11.6 Å². The van der Waals surface area contributed by atoms with Crippen molar-refractivity contribution >= 4 is 23.3 Å². The van der Waals surface area contributed by atoms with Crippen molar-refractivity contribution in [3.8, 4) is 0 Å². The fraction of sp³-hybridized carbons (Fsp3) is 0.500. The molecule has 26 heavy (non-hydrogen) atoms. The summed E-state index contributed by atoms with van der Waals surface area (Å²) >= 11 is 6.04. The van der Waals surface area contributed by atoms with Gasteiger partial charge in [0.25, 0.3) is 5.91 Å². The number of carbonyl (C=O) groups excluding carboxylic acids is 1. The van der Waals surface area contributed by atoms with Gasteiger partial charge in [-0.25, -0.2) is 9.97 Å². The molecule has 140 valence electrons. The van der Waals surface area contributed by atoms with Crippen LogP contribution in [-0.4, -0.2) is 52.7 Å². The molecule has 1 unspecified atom stereocenters. The second-order valence-electron chi connectivity index (χ2n) is 6.20. The average Bonchev–Trinajstić information content (AvgIpc) is 3.05. The summed E-state index contributed by atoms with van der Waals surface area (Å²) in [5, 5.41) is 3.39. The van der Waals surface area contributed by atoms with Crippen molar-refractivity contribution in [2.45, 2.75) is 38.8 Å². The summed E-state index contributed by atoms with van der Waals surface area (Å²) in [6.07, 6.45) is 3.13. The number of pyridine rings is 1. The summed E-state index contributed by atoms with van der Waals surface area (Å²) in [4.78, 5) is 26.2. The monoisotopic (exact) mass is 377 g/mol. The molecule has 2 atom stereocenters. The van der Waals surface area contributed by atoms with Crippen molar-refractivity contribution in [1.82, 2.24) is 20.3 Å². The third-order valence-corrected chi connectivity index (χ3v) is 4.84. The highest BCUT2D eigenvalue weighted by molar-refractivity contribution is 6.30. The van der Waals surface area contributed by atoms with Gasteiger partial charge in [0, 0.05) is 25.9 Å².